The molecule has 0 saturated carbocycles. The van der Waals surface area contributed by atoms with Crippen molar-refractivity contribution in [3.8, 4) is 17.2 Å². The zero-order valence-corrected chi connectivity index (χ0v) is 16.7. The van der Waals surface area contributed by atoms with E-state index in [1.807, 2.05) is 19.9 Å². The molecule has 0 aliphatic carbocycles. The van der Waals surface area contributed by atoms with Crippen LogP contribution in [0.2, 0.25) is 5.02 Å². The molecule has 0 aliphatic heterocycles. The fourth-order valence-corrected chi connectivity index (χ4v) is 3.51. The third-order valence-corrected chi connectivity index (χ3v) is 5.01. The maximum absolute atomic E-state index is 12.2. The fourth-order valence-electron chi connectivity index (χ4n) is 3.29. The standard InChI is InChI=1S/C21H15ClFN3O4/c1-11-19(14-4-5-15(9-24)18(22)8-14)12(2)26(25-11)10-13-3-6-16(21(29)30-23)17(7-13)20(27)28/h3-8H,10H2,1-2H3,(H,27,28). The van der Waals surface area contributed by atoms with Crippen molar-refractivity contribution in [3.05, 3.63) is 75.1 Å². The van der Waals surface area contributed by atoms with Gasteiger partial charge in [-0.25, -0.2) is 14.5 Å². The molecule has 3 rings (SSSR count). The SMILES string of the molecule is Cc1nn(Cc2ccc(C(=O)OF)c(C(=O)O)c2)c(C)c1-c1ccc(C#N)c(Cl)c1. The van der Waals surface area contributed by atoms with Crippen LogP contribution in [0.15, 0.2) is 36.4 Å². The quantitative estimate of drug-likeness (QED) is 0.643. The van der Waals surface area contributed by atoms with E-state index in [1.54, 1.807) is 22.9 Å². The van der Waals surface area contributed by atoms with Gasteiger partial charge in [-0.05, 0) is 49.2 Å². The van der Waals surface area contributed by atoms with Crippen LogP contribution in [-0.4, -0.2) is 26.8 Å². The second-order valence-electron chi connectivity index (χ2n) is 6.56. The first-order valence-corrected chi connectivity index (χ1v) is 9.07. The van der Waals surface area contributed by atoms with Crippen LogP contribution in [0.1, 0.15) is 43.2 Å². The first kappa shape index (κ1) is 21.0. The van der Waals surface area contributed by atoms with Crippen LogP contribution >= 0.6 is 11.6 Å². The monoisotopic (exact) mass is 427 g/mol. The Morgan fingerprint density at radius 2 is 1.97 bits per heavy atom. The zero-order valence-electron chi connectivity index (χ0n) is 15.9. The Bertz CT molecular complexity index is 1210. The Hall–Kier alpha value is -3.70. The number of benzene rings is 2. The molecule has 7 nitrogen and oxygen atoms in total. The van der Waals surface area contributed by atoms with Gasteiger partial charge in [-0.3, -0.25) is 4.68 Å². The molecule has 0 bridgehead atoms. The molecule has 0 unspecified atom stereocenters. The molecule has 0 amide bonds. The number of halogens is 2. The number of nitriles is 1. The number of hydrogen-bond acceptors (Lipinski definition) is 5. The summed E-state index contributed by atoms with van der Waals surface area (Å²) in [6, 6.07) is 11.1. The minimum atomic E-state index is -1.38. The second-order valence-corrected chi connectivity index (χ2v) is 6.97. The summed E-state index contributed by atoms with van der Waals surface area (Å²) >= 11 is 6.15. The molecule has 0 spiro atoms. The number of carboxylic acids is 1. The largest absolute Gasteiger partial charge is 0.478 e. The molecule has 1 aromatic heterocycles. The van der Waals surface area contributed by atoms with E-state index in [4.69, 9.17) is 16.9 Å². The predicted octanol–water partition coefficient (Wildman–Crippen LogP) is 4.48. The van der Waals surface area contributed by atoms with Crippen molar-refractivity contribution in [1.82, 2.24) is 9.78 Å². The van der Waals surface area contributed by atoms with Gasteiger partial charge >= 0.3 is 11.9 Å². The first-order valence-electron chi connectivity index (χ1n) is 8.70. The summed E-state index contributed by atoms with van der Waals surface area (Å²) < 4.78 is 13.9. The number of carbonyl (C=O) groups is 2. The number of carbonyl (C=O) groups excluding carboxylic acids is 1. The molecule has 152 valence electrons. The van der Waals surface area contributed by atoms with Gasteiger partial charge in [0.25, 0.3) is 0 Å². The molecule has 1 N–H and O–H groups in total. The average Bonchev–Trinajstić information content (AvgIpc) is 3.00. The lowest BCUT2D eigenvalue weighted by atomic mass is 10.0. The van der Waals surface area contributed by atoms with Gasteiger partial charge in [0.1, 0.15) is 6.07 Å². The summed E-state index contributed by atoms with van der Waals surface area (Å²) in [6.07, 6.45) is 0. The average molecular weight is 428 g/mol. The van der Waals surface area contributed by atoms with Crippen LogP contribution in [0.5, 0.6) is 0 Å². The zero-order chi connectivity index (χ0) is 22.0. The molecule has 0 fully saturated rings. The highest BCUT2D eigenvalue weighted by molar-refractivity contribution is 6.32. The Morgan fingerprint density at radius 3 is 2.57 bits per heavy atom. The van der Waals surface area contributed by atoms with Gasteiger partial charge in [0.2, 0.25) is 0 Å². The van der Waals surface area contributed by atoms with Gasteiger partial charge in [0.15, 0.2) is 0 Å². The van der Waals surface area contributed by atoms with Crippen molar-refractivity contribution < 1.29 is 24.2 Å². The Balaban J connectivity index is 1.99. The number of aromatic carboxylic acids is 1. The highest BCUT2D eigenvalue weighted by Crippen LogP contribution is 2.30. The molecule has 0 radical (unpaired) electrons. The van der Waals surface area contributed by atoms with E-state index in [2.05, 4.69) is 10.0 Å². The lowest BCUT2D eigenvalue weighted by molar-refractivity contribution is -0.0789. The number of rotatable bonds is 5. The van der Waals surface area contributed by atoms with Crippen LogP contribution in [0.25, 0.3) is 11.1 Å². The molecule has 2 aromatic carbocycles. The maximum atomic E-state index is 12.2. The molecular weight excluding hydrogens is 413 g/mol. The van der Waals surface area contributed by atoms with Gasteiger partial charge < -0.3 is 5.11 Å². The number of carboxylic acid groups (broad SMARTS) is 1. The van der Waals surface area contributed by atoms with Crippen molar-refractivity contribution in [2.75, 3.05) is 0 Å². The Kier molecular flexibility index (Phi) is 5.85. The summed E-state index contributed by atoms with van der Waals surface area (Å²) in [4.78, 5) is 26.0. The minimum absolute atomic E-state index is 0.224. The van der Waals surface area contributed by atoms with Gasteiger partial charge in [-0.2, -0.15) is 10.4 Å². The molecule has 0 atom stereocenters. The highest BCUT2D eigenvalue weighted by atomic mass is 35.5. The van der Waals surface area contributed by atoms with E-state index >= 15 is 0 Å². The van der Waals surface area contributed by atoms with E-state index in [1.165, 1.54) is 18.2 Å². The molecule has 1 heterocycles. The Labute approximate surface area is 175 Å². The van der Waals surface area contributed by atoms with E-state index in [0.717, 1.165) is 22.5 Å². The molecular formula is C21H15ClFN3O4. The van der Waals surface area contributed by atoms with Crippen molar-refractivity contribution in [2.24, 2.45) is 0 Å². The first-order chi connectivity index (χ1) is 14.3. The van der Waals surface area contributed by atoms with Crippen LogP contribution in [0, 0.1) is 25.2 Å². The van der Waals surface area contributed by atoms with E-state index < -0.39 is 11.9 Å². The fraction of sp³-hybridized carbons (Fsp3) is 0.143. The summed E-state index contributed by atoms with van der Waals surface area (Å²) in [6.45, 7) is 3.91. The van der Waals surface area contributed by atoms with Gasteiger partial charge in [0, 0.05) is 15.8 Å². The summed E-state index contributed by atoms with van der Waals surface area (Å²) in [5, 5.41) is 23.2. The maximum Gasteiger partial charge on any atom is 0.380 e. The molecule has 9 heteroatoms. The number of hydrogen-bond donors (Lipinski definition) is 1. The summed E-state index contributed by atoms with van der Waals surface area (Å²) in [5.74, 6) is -2.75. The van der Waals surface area contributed by atoms with Crippen LogP contribution in [0.3, 0.4) is 0 Å². The van der Waals surface area contributed by atoms with E-state index in [0.29, 0.717) is 16.1 Å². The lowest BCUT2D eigenvalue weighted by Crippen LogP contribution is -2.11. The van der Waals surface area contributed by atoms with E-state index in [9.17, 15) is 19.2 Å². The molecule has 0 aliphatic rings. The topological polar surface area (TPSA) is 105 Å². The van der Waals surface area contributed by atoms with Gasteiger partial charge in [-0.15, -0.1) is 0 Å². The predicted molar refractivity (Wildman–Crippen MR) is 106 cm³/mol. The summed E-state index contributed by atoms with van der Waals surface area (Å²) in [5.41, 5.74) is 3.35. The number of aromatic nitrogens is 2. The normalized spacial score (nSPS) is 10.5. The third kappa shape index (κ3) is 3.88. The van der Waals surface area contributed by atoms with Crippen LogP contribution in [-0.2, 0) is 11.5 Å². The number of nitrogens with zero attached hydrogens (tertiary/aromatic N) is 3. The second kappa shape index (κ2) is 8.35. The molecule has 30 heavy (non-hydrogen) atoms. The van der Waals surface area contributed by atoms with Crippen molar-refractivity contribution in [3.63, 3.8) is 0 Å². The number of aryl methyl sites for hydroxylation is 1. The smallest absolute Gasteiger partial charge is 0.380 e. The van der Waals surface area contributed by atoms with Gasteiger partial charge in [-0.1, -0.05) is 23.7 Å². The third-order valence-electron chi connectivity index (χ3n) is 4.70. The molecule has 0 saturated heterocycles. The van der Waals surface area contributed by atoms with Crippen molar-refractivity contribution >= 4 is 23.5 Å². The van der Waals surface area contributed by atoms with Crippen LogP contribution < -0.4 is 0 Å². The van der Waals surface area contributed by atoms with E-state index in [-0.39, 0.29) is 17.7 Å². The summed E-state index contributed by atoms with van der Waals surface area (Å²) in [7, 11) is 0. The highest BCUT2D eigenvalue weighted by Gasteiger charge is 2.20. The van der Waals surface area contributed by atoms with Gasteiger partial charge in [0.05, 0.1) is 34.0 Å². The molecule has 3 aromatic rings. The lowest BCUT2D eigenvalue weighted by Gasteiger charge is -2.09. The van der Waals surface area contributed by atoms with Crippen molar-refractivity contribution in [1.29, 1.82) is 5.26 Å². The van der Waals surface area contributed by atoms with Crippen LogP contribution in [0.4, 0.5) is 4.53 Å². The minimum Gasteiger partial charge on any atom is -0.478 e. The van der Waals surface area contributed by atoms with Crippen molar-refractivity contribution in [2.45, 2.75) is 20.4 Å². The Morgan fingerprint density at radius 1 is 1.23 bits per heavy atom.